The maximum Gasteiger partial charge on any atom is 0.323 e. The van der Waals surface area contributed by atoms with Gasteiger partial charge in [0.1, 0.15) is 11.4 Å². The highest BCUT2D eigenvalue weighted by molar-refractivity contribution is 7.13. The number of aromatic nitrogens is 1. The zero-order valence-electron chi connectivity index (χ0n) is 16.9. The summed E-state index contributed by atoms with van der Waals surface area (Å²) in [6, 6.07) is 5.29. The maximum atomic E-state index is 12.7. The summed E-state index contributed by atoms with van der Waals surface area (Å²) in [5.41, 5.74) is 1.17. The summed E-state index contributed by atoms with van der Waals surface area (Å²) >= 11 is 7.74. The Morgan fingerprint density at radius 3 is 2.76 bits per heavy atom. The van der Waals surface area contributed by atoms with Crippen molar-refractivity contribution in [3.63, 3.8) is 0 Å². The first-order valence-corrected chi connectivity index (χ1v) is 11.1. The van der Waals surface area contributed by atoms with Crippen LogP contribution in [0.2, 0.25) is 5.02 Å². The number of benzene rings is 1. The van der Waals surface area contributed by atoms with Gasteiger partial charge in [-0.3, -0.25) is 5.32 Å². The number of aliphatic hydroxyl groups is 1. The summed E-state index contributed by atoms with van der Waals surface area (Å²) in [5, 5.41) is 16.6. The quantitative estimate of drug-likeness (QED) is 0.662. The topological polar surface area (TPSA) is 74.7 Å². The largest absolute Gasteiger partial charge is 0.485 e. The van der Waals surface area contributed by atoms with Crippen molar-refractivity contribution in [3.05, 3.63) is 39.9 Å². The Morgan fingerprint density at radius 2 is 2.10 bits per heavy atom. The summed E-state index contributed by atoms with van der Waals surface area (Å²) < 4.78 is 6.29. The number of halogens is 1. The van der Waals surface area contributed by atoms with Crippen LogP contribution in [0, 0.1) is 0 Å². The number of nitrogens with one attached hydrogen (secondary N) is 1. The van der Waals surface area contributed by atoms with Gasteiger partial charge in [0.2, 0.25) is 0 Å². The van der Waals surface area contributed by atoms with Crippen LogP contribution < -0.4 is 10.1 Å². The number of carbonyl (C=O) groups excluding carboxylic acids is 1. The summed E-state index contributed by atoms with van der Waals surface area (Å²) in [5.74, 6) is 0.573. The number of rotatable bonds is 1. The maximum absolute atomic E-state index is 12.7. The van der Waals surface area contributed by atoms with Crippen LogP contribution in [-0.2, 0) is 5.41 Å². The molecule has 2 aliphatic heterocycles. The van der Waals surface area contributed by atoms with Gasteiger partial charge in [-0.2, -0.15) is 0 Å². The number of likely N-dealkylation sites (tertiary alicyclic amines) is 1. The van der Waals surface area contributed by atoms with Gasteiger partial charge >= 0.3 is 6.03 Å². The second kappa shape index (κ2) is 7.45. The van der Waals surface area contributed by atoms with E-state index in [2.05, 4.69) is 31.1 Å². The first-order valence-electron chi connectivity index (χ1n) is 9.84. The highest BCUT2D eigenvalue weighted by Crippen LogP contribution is 2.47. The number of urea groups is 1. The van der Waals surface area contributed by atoms with Gasteiger partial charge in [-0.05, 0) is 6.07 Å². The van der Waals surface area contributed by atoms with E-state index < -0.39 is 11.7 Å². The van der Waals surface area contributed by atoms with Gasteiger partial charge < -0.3 is 14.7 Å². The number of aliphatic hydroxyl groups excluding tert-OH is 1. The standard InChI is InChI=1S/C21H26ClN3O3S/c1-20(2,3)16-12-29-18(23-16)24-19(27)25-9-7-21(8-10-25)11-15(26)13-5-4-6-14(22)17(13)28-21/h4-6,12,15,26H,7-11H2,1-3H3,(H,23,24,27). The molecule has 2 N–H and O–H groups in total. The average molecular weight is 436 g/mol. The minimum Gasteiger partial charge on any atom is -0.485 e. The molecule has 156 valence electrons. The molecule has 1 fully saturated rings. The van der Waals surface area contributed by atoms with Gasteiger partial charge in [0.25, 0.3) is 0 Å². The Morgan fingerprint density at radius 1 is 1.38 bits per heavy atom. The molecule has 29 heavy (non-hydrogen) atoms. The molecule has 0 bridgehead atoms. The van der Waals surface area contributed by atoms with Gasteiger partial charge in [0.05, 0.1) is 16.8 Å². The van der Waals surface area contributed by atoms with Crippen molar-refractivity contribution in [1.29, 1.82) is 0 Å². The van der Waals surface area contributed by atoms with E-state index in [1.165, 1.54) is 11.3 Å². The van der Waals surface area contributed by atoms with Crippen LogP contribution in [0.1, 0.15) is 57.4 Å². The lowest BCUT2D eigenvalue weighted by atomic mass is 9.82. The number of thiazole rings is 1. The van der Waals surface area contributed by atoms with Crippen molar-refractivity contribution in [3.8, 4) is 5.75 Å². The molecule has 2 aliphatic rings. The van der Waals surface area contributed by atoms with Crippen molar-refractivity contribution in [1.82, 2.24) is 9.88 Å². The third-order valence-corrected chi connectivity index (χ3v) is 6.74. The molecular weight excluding hydrogens is 410 g/mol. The summed E-state index contributed by atoms with van der Waals surface area (Å²) in [6.45, 7) is 7.40. The average Bonchev–Trinajstić information content (AvgIpc) is 3.12. The Bertz CT molecular complexity index is 916. The summed E-state index contributed by atoms with van der Waals surface area (Å²) in [6.07, 6.45) is 1.20. The van der Waals surface area contributed by atoms with Crippen molar-refractivity contribution in [2.75, 3.05) is 18.4 Å². The number of anilines is 1. The molecule has 1 spiro atoms. The van der Waals surface area contributed by atoms with Gasteiger partial charge in [-0.1, -0.05) is 44.5 Å². The van der Waals surface area contributed by atoms with Gasteiger partial charge in [-0.25, -0.2) is 9.78 Å². The smallest absolute Gasteiger partial charge is 0.323 e. The number of nitrogens with zero attached hydrogens (tertiary/aromatic N) is 2. The Labute approximate surface area is 179 Å². The number of para-hydroxylation sites is 1. The molecule has 6 nitrogen and oxygen atoms in total. The Kier molecular flexibility index (Phi) is 5.25. The fourth-order valence-corrected chi connectivity index (χ4v) is 5.03. The SMILES string of the molecule is CC(C)(C)c1csc(NC(=O)N2CCC3(CC2)CC(O)c2cccc(Cl)c2O3)n1. The van der Waals surface area contributed by atoms with Crippen LogP contribution in [0.15, 0.2) is 23.6 Å². The predicted molar refractivity (Wildman–Crippen MR) is 115 cm³/mol. The molecule has 2 aromatic rings. The van der Waals surface area contributed by atoms with E-state index in [-0.39, 0.29) is 11.4 Å². The number of piperidine rings is 1. The number of hydrogen-bond acceptors (Lipinski definition) is 5. The number of amides is 2. The van der Waals surface area contributed by atoms with E-state index in [4.69, 9.17) is 16.3 Å². The number of fused-ring (bicyclic) bond motifs is 1. The van der Waals surface area contributed by atoms with Gasteiger partial charge in [0.15, 0.2) is 5.13 Å². The van der Waals surface area contributed by atoms with Crippen molar-refractivity contribution >= 4 is 34.1 Å². The molecule has 8 heteroatoms. The van der Waals surface area contributed by atoms with Crippen LogP contribution in [0.3, 0.4) is 0 Å². The van der Waals surface area contributed by atoms with Crippen molar-refractivity contribution in [2.24, 2.45) is 0 Å². The molecular formula is C21H26ClN3O3S. The van der Waals surface area contributed by atoms with E-state index in [0.717, 1.165) is 11.3 Å². The molecule has 1 atom stereocenters. The molecule has 0 aliphatic carbocycles. The van der Waals surface area contributed by atoms with Crippen LogP contribution in [0.5, 0.6) is 5.75 Å². The third kappa shape index (κ3) is 4.09. The number of ether oxygens (including phenoxy) is 1. The fraction of sp³-hybridized carbons (Fsp3) is 0.524. The van der Waals surface area contributed by atoms with Crippen molar-refractivity contribution < 1.29 is 14.6 Å². The van der Waals surface area contributed by atoms with Crippen LogP contribution >= 0.6 is 22.9 Å². The second-order valence-corrected chi connectivity index (χ2v) is 10.1. The zero-order chi connectivity index (χ0) is 20.8. The zero-order valence-corrected chi connectivity index (χ0v) is 18.4. The lowest BCUT2D eigenvalue weighted by Gasteiger charge is -2.46. The lowest BCUT2D eigenvalue weighted by molar-refractivity contribution is -0.0470. The normalized spacial score (nSPS) is 20.9. The molecule has 1 unspecified atom stereocenters. The number of carbonyl (C=O) groups is 1. The molecule has 1 aromatic carbocycles. The highest BCUT2D eigenvalue weighted by atomic mass is 35.5. The molecule has 4 rings (SSSR count). The van der Waals surface area contributed by atoms with E-state index in [9.17, 15) is 9.90 Å². The van der Waals surface area contributed by atoms with Crippen LogP contribution in [0.4, 0.5) is 9.93 Å². The molecule has 1 saturated heterocycles. The summed E-state index contributed by atoms with van der Waals surface area (Å²) in [7, 11) is 0. The lowest BCUT2D eigenvalue weighted by Crippen LogP contribution is -2.52. The van der Waals surface area contributed by atoms with E-state index in [0.29, 0.717) is 48.3 Å². The minimum absolute atomic E-state index is 0.0479. The van der Waals surface area contributed by atoms with Gasteiger partial charge in [0, 0.05) is 48.7 Å². The van der Waals surface area contributed by atoms with Gasteiger partial charge in [-0.15, -0.1) is 11.3 Å². The van der Waals surface area contributed by atoms with Crippen molar-refractivity contribution in [2.45, 2.75) is 57.2 Å². The van der Waals surface area contributed by atoms with E-state index in [1.807, 2.05) is 17.5 Å². The van der Waals surface area contributed by atoms with E-state index in [1.54, 1.807) is 11.0 Å². The van der Waals surface area contributed by atoms with Crippen LogP contribution in [0.25, 0.3) is 0 Å². The predicted octanol–water partition coefficient (Wildman–Crippen LogP) is 4.98. The molecule has 3 heterocycles. The monoisotopic (exact) mass is 435 g/mol. The third-order valence-electron chi connectivity index (χ3n) is 5.69. The molecule has 2 amide bonds. The fourth-order valence-electron chi connectivity index (χ4n) is 3.89. The second-order valence-electron chi connectivity index (χ2n) is 8.87. The van der Waals surface area contributed by atoms with E-state index >= 15 is 0 Å². The first kappa shape index (κ1) is 20.4. The highest BCUT2D eigenvalue weighted by Gasteiger charge is 2.44. The Hall–Kier alpha value is -1.83. The number of hydrogen-bond donors (Lipinski definition) is 2. The summed E-state index contributed by atoms with van der Waals surface area (Å²) in [4.78, 5) is 19.0. The molecule has 0 saturated carbocycles. The van der Waals surface area contributed by atoms with Crippen LogP contribution in [-0.4, -0.2) is 39.7 Å². The minimum atomic E-state index is -0.607. The first-order chi connectivity index (χ1) is 13.7. The Balaban J connectivity index is 1.40. The molecule has 1 aromatic heterocycles. The molecule has 0 radical (unpaired) electrons.